The minimum atomic E-state index is -0.668. The summed E-state index contributed by atoms with van der Waals surface area (Å²) in [4.78, 5) is 30.0. The summed E-state index contributed by atoms with van der Waals surface area (Å²) in [5.74, 6) is -0.539. The van der Waals surface area contributed by atoms with Crippen LogP contribution in [0.15, 0.2) is 36.8 Å². The van der Waals surface area contributed by atoms with Crippen LogP contribution in [0, 0.1) is 10.1 Å². The molecular weight excluding hydrogens is 274 g/mol. The van der Waals surface area contributed by atoms with E-state index in [1.807, 2.05) is 0 Å². The first-order chi connectivity index (χ1) is 9.99. The molecule has 108 valence electrons. The average molecular weight is 287 g/mol. The molecule has 2 heterocycles. The van der Waals surface area contributed by atoms with Gasteiger partial charge in [0.2, 0.25) is 0 Å². The summed E-state index contributed by atoms with van der Waals surface area (Å²) >= 11 is 0. The highest BCUT2D eigenvalue weighted by molar-refractivity contribution is 5.98. The minimum absolute atomic E-state index is 0.0438. The Morgan fingerprint density at radius 2 is 2.10 bits per heavy atom. The first-order valence-electron chi connectivity index (χ1n) is 6.09. The molecule has 2 aromatic rings. The number of anilines is 1. The zero-order chi connectivity index (χ0) is 15.4. The van der Waals surface area contributed by atoms with Crippen LogP contribution >= 0.6 is 0 Å². The number of pyridine rings is 2. The zero-order valence-corrected chi connectivity index (χ0v) is 11.2. The second-order valence-corrected chi connectivity index (χ2v) is 4.36. The molecule has 0 aliphatic carbocycles. The molecule has 1 amide bonds. The second kappa shape index (κ2) is 5.95. The van der Waals surface area contributed by atoms with Gasteiger partial charge in [-0.05, 0) is 30.7 Å². The van der Waals surface area contributed by atoms with Gasteiger partial charge in [-0.2, -0.15) is 0 Å². The summed E-state index contributed by atoms with van der Waals surface area (Å²) in [6.07, 6.45) is 4.18. The maximum atomic E-state index is 12.2. The number of carbonyl (C=O) groups excluding carboxylic acids is 1. The van der Waals surface area contributed by atoms with Gasteiger partial charge in [-0.3, -0.25) is 19.9 Å². The van der Waals surface area contributed by atoms with E-state index in [1.165, 1.54) is 6.07 Å². The number of aromatic nitrogens is 2. The first-order valence-corrected chi connectivity index (χ1v) is 6.09. The minimum Gasteiger partial charge on any atom is -0.384 e. The highest BCUT2D eigenvalue weighted by Crippen LogP contribution is 2.20. The monoisotopic (exact) mass is 287 g/mol. The van der Waals surface area contributed by atoms with Gasteiger partial charge in [-0.25, -0.2) is 4.98 Å². The fraction of sp³-hybridized carbons (Fsp3) is 0.154. The average Bonchev–Trinajstić information content (AvgIpc) is 2.47. The molecule has 8 heteroatoms. The van der Waals surface area contributed by atoms with Crippen molar-refractivity contribution in [1.29, 1.82) is 0 Å². The predicted molar refractivity (Wildman–Crippen MR) is 75.4 cm³/mol. The SMILES string of the molecule is CC(NC(=O)c1cc(N)ncc1[N+](=O)[O-])c1ccncc1. The van der Waals surface area contributed by atoms with E-state index in [0.29, 0.717) is 0 Å². The lowest BCUT2D eigenvalue weighted by Crippen LogP contribution is -2.27. The third-order valence-electron chi connectivity index (χ3n) is 2.90. The fourth-order valence-corrected chi connectivity index (χ4v) is 1.80. The fourth-order valence-electron chi connectivity index (χ4n) is 1.80. The van der Waals surface area contributed by atoms with Crippen LogP contribution in [0.3, 0.4) is 0 Å². The number of amides is 1. The standard InChI is InChI=1S/C13H13N5O3/c1-8(9-2-4-15-5-3-9)17-13(19)10-6-12(14)16-7-11(10)18(20)21/h2-8H,1H3,(H2,14,16)(H,17,19). The molecule has 0 spiro atoms. The van der Waals surface area contributed by atoms with Gasteiger partial charge in [0, 0.05) is 12.4 Å². The van der Waals surface area contributed by atoms with Gasteiger partial charge in [0.15, 0.2) is 0 Å². The van der Waals surface area contributed by atoms with Crippen molar-refractivity contribution < 1.29 is 9.72 Å². The smallest absolute Gasteiger partial charge is 0.300 e. The number of nitrogens with one attached hydrogen (secondary N) is 1. The van der Waals surface area contributed by atoms with E-state index in [4.69, 9.17) is 5.73 Å². The van der Waals surface area contributed by atoms with E-state index < -0.39 is 10.8 Å². The molecule has 21 heavy (non-hydrogen) atoms. The Kier molecular flexibility index (Phi) is 4.07. The van der Waals surface area contributed by atoms with Crippen LogP contribution in [-0.2, 0) is 0 Å². The molecule has 0 saturated heterocycles. The van der Waals surface area contributed by atoms with Crippen molar-refractivity contribution >= 4 is 17.4 Å². The van der Waals surface area contributed by atoms with Crippen molar-refractivity contribution in [1.82, 2.24) is 15.3 Å². The van der Waals surface area contributed by atoms with Gasteiger partial charge in [0.1, 0.15) is 17.6 Å². The highest BCUT2D eigenvalue weighted by Gasteiger charge is 2.22. The molecule has 0 aliphatic rings. The quantitative estimate of drug-likeness (QED) is 0.648. The van der Waals surface area contributed by atoms with Crippen LogP contribution < -0.4 is 11.1 Å². The molecule has 0 fully saturated rings. The van der Waals surface area contributed by atoms with Gasteiger partial charge >= 0.3 is 0 Å². The molecule has 0 radical (unpaired) electrons. The Morgan fingerprint density at radius 3 is 2.71 bits per heavy atom. The first kappa shape index (κ1) is 14.4. The maximum Gasteiger partial charge on any atom is 0.300 e. The van der Waals surface area contributed by atoms with Crippen LogP contribution in [0.4, 0.5) is 11.5 Å². The third kappa shape index (κ3) is 3.30. The topological polar surface area (TPSA) is 124 Å². The Labute approximate surface area is 120 Å². The van der Waals surface area contributed by atoms with E-state index in [1.54, 1.807) is 31.5 Å². The van der Waals surface area contributed by atoms with Gasteiger partial charge in [-0.15, -0.1) is 0 Å². The molecule has 2 rings (SSSR count). The molecule has 0 bridgehead atoms. The van der Waals surface area contributed by atoms with Gasteiger partial charge in [0.25, 0.3) is 11.6 Å². The maximum absolute atomic E-state index is 12.2. The number of nitrogens with zero attached hydrogens (tertiary/aromatic N) is 3. The zero-order valence-electron chi connectivity index (χ0n) is 11.2. The van der Waals surface area contributed by atoms with Gasteiger partial charge < -0.3 is 11.1 Å². The van der Waals surface area contributed by atoms with Crippen molar-refractivity contribution in [2.24, 2.45) is 0 Å². The number of nitro groups is 1. The molecule has 1 unspecified atom stereocenters. The van der Waals surface area contributed by atoms with Crippen molar-refractivity contribution in [3.8, 4) is 0 Å². The summed E-state index contributed by atoms with van der Waals surface area (Å²) in [5, 5.41) is 13.6. The lowest BCUT2D eigenvalue weighted by atomic mass is 10.1. The number of hydrogen-bond donors (Lipinski definition) is 2. The van der Waals surface area contributed by atoms with Crippen molar-refractivity contribution in [2.45, 2.75) is 13.0 Å². The Hall–Kier alpha value is -3.03. The normalized spacial score (nSPS) is 11.7. The molecular formula is C13H13N5O3. The number of carbonyl (C=O) groups is 1. The lowest BCUT2D eigenvalue weighted by Gasteiger charge is -2.14. The number of hydrogen-bond acceptors (Lipinski definition) is 6. The molecule has 3 N–H and O–H groups in total. The molecule has 0 saturated carbocycles. The Morgan fingerprint density at radius 1 is 1.43 bits per heavy atom. The summed E-state index contributed by atoms with van der Waals surface area (Å²) in [5.41, 5.74) is 5.82. The van der Waals surface area contributed by atoms with E-state index >= 15 is 0 Å². The molecule has 0 aliphatic heterocycles. The number of rotatable bonds is 4. The van der Waals surface area contributed by atoms with Crippen LogP contribution in [0.1, 0.15) is 28.9 Å². The number of nitrogen functional groups attached to an aromatic ring is 1. The van der Waals surface area contributed by atoms with Gasteiger partial charge in [-0.1, -0.05) is 0 Å². The molecule has 8 nitrogen and oxygen atoms in total. The molecule has 0 aromatic carbocycles. The van der Waals surface area contributed by atoms with Crippen LogP contribution in [0.5, 0.6) is 0 Å². The lowest BCUT2D eigenvalue weighted by molar-refractivity contribution is -0.385. The third-order valence-corrected chi connectivity index (χ3v) is 2.90. The molecule has 2 aromatic heterocycles. The van der Waals surface area contributed by atoms with Crippen LogP contribution in [0.2, 0.25) is 0 Å². The van der Waals surface area contributed by atoms with Gasteiger partial charge in [0.05, 0.1) is 11.0 Å². The Balaban J connectivity index is 2.25. The van der Waals surface area contributed by atoms with Crippen molar-refractivity contribution in [2.75, 3.05) is 5.73 Å². The highest BCUT2D eigenvalue weighted by atomic mass is 16.6. The van der Waals surface area contributed by atoms with Crippen molar-refractivity contribution in [3.63, 3.8) is 0 Å². The summed E-state index contributed by atoms with van der Waals surface area (Å²) in [6.45, 7) is 1.77. The second-order valence-electron chi connectivity index (χ2n) is 4.36. The van der Waals surface area contributed by atoms with E-state index in [0.717, 1.165) is 11.8 Å². The predicted octanol–water partition coefficient (Wildman–Crippen LogP) is 1.46. The van der Waals surface area contributed by atoms with E-state index in [9.17, 15) is 14.9 Å². The van der Waals surface area contributed by atoms with E-state index in [2.05, 4.69) is 15.3 Å². The largest absolute Gasteiger partial charge is 0.384 e. The summed E-state index contributed by atoms with van der Waals surface area (Å²) in [7, 11) is 0. The van der Waals surface area contributed by atoms with Crippen molar-refractivity contribution in [3.05, 3.63) is 58.0 Å². The number of nitrogens with two attached hydrogens (primary N) is 1. The van der Waals surface area contributed by atoms with Crippen LogP contribution in [0.25, 0.3) is 0 Å². The summed E-state index contributed by atoms with van der Waals surface area (Å²) < 4.78 is 0. The van der Waals surface area contributed by atoms with Crippen LogP contribution in [-0.4, -0.2) is 20.8 Å². The Bertz CT molecular complexity index is 675. The van der Waals surface area contributed by atoms with E-state index in [-0.39, 0.29) is 23.1 Å². The molecule has 1 atom stereocenters. The summed E-state index contributed by atoms with van der Waals surface area (Å²) in [6, 6.07) is 4.36.